The molecule has 1 aromatic carbocycles. The van der Waals surface area contributed by atoms with Crippen LogP contribution in [-0.4, -0.2) is 23.4 Å². The molecule has 0 radical (unpaired) electrons. The second-order valence-electron chi connectivity index (χ2n) is 5.28. The van der Waals surface area contributed by atoms with Crippen LogP contribution in [-0.2, 0) is 6.42 Å². The van der Waals surface area contributed by atoms with E-state index >= 15 is 0 Å². The van der Waals surface area contributed by atoms with Crippen LogP contribution < -0.4 is 10.5 Å². The molecule has 0 aliphatic heterocycles. The highest BCUT2D eigenvalue weighted by Gasteiger charge is 2.22. The maximum atomic E-state index is 14.0. The summed E-state index contributed by atoms with van der Waals surface area (Å²) in [4.78, 5) is 0. The summed E-state index contributed by atoms with van der Waals surface area (Å²) in [5, 5.41) is 4.58. The van der Waals surface area contributed by atoms with Gasteiger partial charge in [0.1, 0.15) is 11.5 Å². The summed E-state index contributed by atoms with van der Waals surface area (Å²) in [7, 11) is 1.59. The molecule has 2 N–H and O–H groups in total. The number of hydrogen-bond acceptors (Lipinski definition) is 3. The van der Waals surface area contributed by atoms with Crippen molar-refractivity contribution in [3.05, 3.63) is 41.3 Å². The van der Waals surface area contributed by atoms with Gasteiger partial charge in [-0.1, -0.05) is 26.0 Å². The van der Waals surface area contributed by atoms with E-state index in [9.17, 15) is 4.39 Å². The molecule has 0 atom stereocenters. The summed E-state index contributed by atoms with van der Waals surface area (Å²) in [6, 6.07) is 6.56. The van der Waals surface area contributed by atoms with Gasteiger partial charge in [-0.15, -0.1) is 0 Å². The summed E-state index contributed by atoms with van der Waals surface area (Å²) >= 11 is 0. The summed E-state index contributed by atoms with van der Waals surface area (Å²) in [5.41, 5.74) is 7.96. The molecule has 1 heterocycles. The normalized spacial score (nSPS) is 11.1. The Balaban J connectivity index is 2.59. The Morgan fingerprint density at radius 1 is 1.33 bits per heavy atom. The third-order valence-electron chi connectivity index (χ3n) is 3.42. The van der Waals surface area contributed by atoms with Gasteiger partial charge in [0.05, 0.1) is 12.8 Å². The van der Waals surface area contributed by atoms with E-state index in [1.807, 2.05) is 0 Å². The molecule has 2 aromatic rings. The molecule has 0 amide bonds. The van der Waals surface area contributed by atoms with Crippen molar-refractivity contribution in [2.75, 3.05) is 13.7 Å². The molecule has 0 saturated carbocycles. The number of halogens is 1. The Bertz CT molecular complexity index is 608. The van der Waals surface area contributed by atoms with Crippen molar-refractivity contribution >= 4 is 0 Å². The average molecular weight is 291 g/mol. The highest BCUT2D eigenvalue weighted by molar-refractivity contribution is 5.43. The molecule has 0 unspecified atom stereocenters. The van der Waals surface area contributed by atoms with Crippen LogP contribution in [0.3, 0.4) is 0 Å². The number of benzene rings is 1. The fraction of sp³-hybridized carbons (Fsp3) is 0.438. The smallest absolute Gasteiger partial charge is 0.220 e. The predicted molar refractivity (Wildman–Crippen MR) is 81.5 cm³/mol. The first-order valence-corrected chi connectivity index (χ1v) is 7.20. The lowest BCUT2D eigenvalue weighted by atomic mass is 10.0. The Morgan fingerprint density at radius 2 is 2.05 bits per heavy atom. The van der Waals surface area contributed by atoms with Gasteiger partial charge in [0.15, 0.2) is 0 Å². The lowest BCUT2D eigenvalue weighted by Gasteiger charge is -2.09. The van der Waals surface area contributed by atoms with Crippen molar-refractivity contribution in [1.82, 2.24) is 9.78 Å². The molecule has 0 fully saturated rings. The van der Waals surface area contributed by atoms with E-state index in [4.69, 9.17) is 10.5 Å². The van der Waals surface area contributed by atoms with E-state index in [0.29, 0.717) is 18.1 Å². The van der Waals surface area contributed by atoms with Crippen LogP contribution in [0.15, 0.2) is 24.3 Å². The lowest BCUT2D eigenvalue weighted by Crippen LogP contribution is -2.04. The van der Waals surface area contributed by atoms with Crippen LogP contribution >= 0.6 is 0 Å². The molecule has 0 bridgehead atoms. The average Bonchev–Trinajstić information content (AvgIpc) is 2.84. The van der Waals surface area contributed by atoms with Gasteiger partial charge in [-0.25, -0.2) is 4.39 Å². The van der Waals surface area contributed by atoms with Crippen molar-refractivity contribution in [2.24, 2.45) is 5.73 Å². The number of hydrogen-bond donors (Lipinski definition) is 1. The SMILES string of the molecule is COc1c(CCCN)c(C(C)C)nn1-c1ccccc1F. The van der Waals surface area contributed by atoms with Gasteiger partial charge in [0, 0.05) is 5.56 Å². The first kappa shape index (κ1) is 15.5. The monoisotopic (exact) mass is 291 g/mol. The quantitative estimate of drug-likeness (QED) is 0.890. The molecular formula is C16H22FN3O. The fourth-order valence-corrected chi connectivity index (χ4v) is 2.43. The largest absolute Gasteiger partial charge is 0.481 e. The minimum Gasteiger partial charge on any atom is -0.481 e. The Morgan fingerprint density at radius 3 is 2.62 bits per heavy atom. The zero-order valence-corrected chi connectivity index (χ0v) is 12.8. The Labute approximate surface area is 124 Å². The van der Waals surface area contributed by atoms with Gasteiger partial charge < -0.3 is 10.5 Å². The van der Waals surface area contributed by atoms with Crippen LogP contribution in [0.1, 0.15) is 37.4 Å². The summed E-state index contributed by atoms with van der Waals surface area (Å²) < 4.78 is 21.1. The van der Waals surface area contributed by atoms with Crippen molar-refractivity contribution in [3.8, 4) is 11.6 Å². The van der Waals surface area contributed by atoms with Gasteiger partial charge in [-0.2, -0.15) is 9.78 Å². The molecule has 0 spiro atoms. The maximum Gasteiger partial charge on any atom is 0.220 e. The van der Waals surface area contributed by atoms with Crippen LogP contribution in [0.5, 0.6) is 5.88 Å². The van der Waals surface area contributed by atoms with Gasteiger partial charge in [-0.05, 0) is 37.4 Å². The molecule has 114 valence electrons. The first-order valence-electron chi connectivity index (χ1n) is 7.20. The van der Waals surface area contributed by atoms with Crippen LogP contribution in [0.2, 0.25) is 0 Å². The third kappa shape index (κ3) is 3.08. The molecule has 0 saturated heterocycles. The molecule has 2 rings (SSSR count). The lowest BCUT2D eigenvalue weighted by molar-refractivity contribution is 0.377. The van der Waals surface area contributed by atoms with Gasteiger partial charge in [0.25, 0.3) is 0 Å². The molecule has 4 nitrogen and oxygen atoms in total. The summed E-state index contributed by atoms with van der Waals surface area (Å²) in [5.74, 6) is 0.510. The second kappa shape index (κ2) is 6.72. The molecule has 0 aliphatic rings. The van der Waals surface area contributed by atoms with Crippen molar-refractivity contribution < 1.29 is 9.13 Å². The maximum absolute atomic E-state index is 14.0. The Kier molecular flexibility index (Phi) is 4.96. The van der Waals surface area contributed by atoms with Crippen molar-refractivity contribution in [1.29, 1.82) is 0 Å². The van der Waals surface area contributed by atoms with Crippen LogP contribution in [0.4, 0.5) is 4.39 Å². The molecule has 5 heteroatoms. The number of nitrogens with two attached hydrogens (primary N) is 1. The minimum absolute atomic E-state index is 0.236. The summed E-state index contributed by atoms with van der Waals surface area (Å²) in [6.07, 6.45) is 1.63. The van der Waals surface area contributed by atoms with E-state index in [1.165, 1.54) is 6.07 Å². The van der Waals surface area contributed by atoms with E-state index in [2.05, 4.69) is 18.9 Å². The van der Waals surface area contributed by atoms with Gasteiger partial charge in [0.2, 0.25) is 5.88 Å². The number of ether oxygens (including phenoxy) is 1. The topological polar surface area (TPSA) is 53.1 Å². The molecular weight excluding hydrogens is 269 g/mol. The zero-order valence-electron chi connectivity index (χ0n) is 12.8. The molecule has 1 aromatic heterocycles. The predicted octanol–water partition coefficient (Wildman–Crippen LogP) is 3.03. The molecule has 0 aliphatic carbocycles. The molecule has 21 heavy (non-hydrogen) atoms. The van der Waals surface area contributed by atoms with Crippen LogP contribution in [0.25, 0.3) is 5.69 Å². The number of nitrogens with zero attached hydrogens (tertiary/aromatic N) is 2. The van der Waals surface area contributed by atoms with Crippen molar-refractivity contribution in [2.45, 2.75) is 32.6 Å². The van der Waals surface area contributed by atoms with E-state index in [1.54, 1.807) is 30.0 Å². The highest BCUT2D eigenvalue weighted by atomic mass is 19.1. The highest BCUT2D eigenvalue weighted by Crippen LogP contribution is 2.31. The van der Waals surface area contributed by atoms with Crippen LogP contribution in [0, 0.1) is 5.82 Å². The van der Waals surface area contributed by atoms with E-state index in [-0.39, 0.29) is 11.7 Å². The number of aromatic nitrogens is 2. The summed E-state index contributed by atoms with van der Waals surface area (Å²) in [6.45, 7) is 4.74. The third-order valence-corrected chi connectivity index (χ3v) is 3.42. The van der Waals surface area contributed by atoms with E-state index < -0.39 is 0 Å². The van der Waals surface area contributed by atoms with E-state index in [0.717, 1.165) is 24.1 Å². The van der Waals surface area contributed by atoms with Gasteiger partial charge >= 0.3 is 0 Å². The standard InChI is InChI=1S/C16H22FN3O/c1-11(2)15-12(7-6-10-18)16(21-3)20(19-15)14-9-5-4-8-13(14)17/h4-5,8-9,11H,6-7,10,18H2,1-3H3. The first-order chi connectivity index (χ1) is 10.1. The zero-order chi connectivity index (χ0) is 15.4. The number of rotatable bonds is 6. The second-order valence-corrected chi connectivity index (χ2v) is 5.28. The minimum atomic E-state index is -0.320. The fourth-order valence-electron chi connectivity index (χ4n) is 2.43. The number of methoxy groups -OCH3 is 1. The Hall–Kier alpha value is -1.88. The van der Waals surface area contributed by atoms with Crippen molar-refractivity contribution in [3.63, 3.8) is 0 Å². The van der Waals surface area contributed by atoms with Gasteiger partial charge in [-0.3, -0.25) is 0 Å². The number of para-hydroxylation sites is 1.